The molecule has 2 aliphatic rings. The minimum atomic E-state index is -1.08. The molecule has 0 saturated carbocycles. The van der Waals surface area contributed by atoms with E-state index < -0.39 is 40.6 Å². The van der Waals surface area contributed by atoms with Crippen LogP contribution < -0.4 is 43.3 Å². The lowest BCUT2D eigenvalue weighted by Crippen LogP contribution is -2.38. The van der Waals surface area contributed by atoms with Crippen LogP contribution in [0.2, 0.25) is 0 Å². The van der Waals surface area contributed by atoms with Crippen LogP contribution in [0, 0.1) is 0 Å². The van der Waals surface area contributed by atoms with Crippen molar-refractivity contribution < 1.29 is 14.7 Å². The number of amides is 1. The molecule has 4 N–H and O–H groups in total. The minimum absolute atomic E-state index is 0.106. The number of carbonyl (C=O) groups excluding carboxylic acids is 1. The van der Waals surface area contributed by atoms with E-state index in [0.29, 0.717) is 35.4 Å². The van der Waals surface area contributed by atoms with Crippen molar-refractivity contribution in [1.82, 2.24) is 67.3 Å². The number of hydrogen-bond acceptors (Lipinski definition) is 17. The number of nitrogen functional groups attached to an aromatic ring is 1. The van der Waals surface area contributed by atoms with Gasteiger partial charge in [-0.2, -0.15) is 0 Å². The van der Waals surface area contributed by atoms with Crippen LogP contribution in [0.5, 0.6) is 0 Å². The lowest BCUT2D eigenvalue weighted by Gasteiger charge is -2.21. The third-order valence-electron chi connectivity index (χ3n) is 13.2. The van der Waals surface area contributed by atoms with Gasteiger partial charge in [-0.15, -0.1) is 0 Å². The molecule has 4 atom stereocenters. The molecule has 10 heterocycles. The Morgan fingerprint density at radius 3 is 1.49 bits per heavy atom. The third kappa shape index (κ3) is 10.0. The first-order chi connectivity index (χ1) is 34.9. The van der Waals surface area contributed by atoms with E-state index in [1.54, 1.807) is 37.5 Å². The van der Waals surface area contributed by atoms with E-state index in [9.17, 15) is 28.8 Å². The van der Waals surface area contributed by atoms with Crippen LogP contribution in [-0.4, -0.2) is 109 Å². The average molecular weight is 997 g/mol. The van der Waals surface area contributed by atoms with Gasteiger partial charge < -0.3 is 35.1 Å². The standard InChI is InChI=1S/C24H27N9O3.C14H17N5.C10H12N4O4/c1-14-7-6-10-32(14)23-25-11-16(12-26-23)17-8-5-9-18(28-17)29-21(34)15(2)33-13-27-20-19(33)22(35)31(4)24(36)30(20)3;1-10-4-3-7-19(10)14-16-8-11(9-17-14)12-5-2-6-13(15)18-12;1-5(9(16)17)14-4-11-7-6(14)8(15)13(3)10(18)12(7)2/h5,8-9,11-15H,6-7,10H2,1-4H3,(H,28,29,34);2,5-6,8-10H,3-4,7H2,1H3,(H2,15,18);4-5H,1-3H3,(H,16,17)/t14-,15+;10-;5-/m110/s1. The first-order valence-corrected chi connectivity index (χ1v) is 23.5. The van der Waals surface area contributed by atoms with Crippen molar-refractivity contribution in [2.75, 3.05) is 33.9 Å². The second kappa shape index (κ2) is 20.8. The maximum Gasteiger partial charge on any atom is 0.332 e. The molecule has 0 aromatic carbocycles. The van der Waals surface area contributed by atoms with E-state index in [1.165, 1.54) is 78.9 Å². The molecular formula is C48H56N18O7. The lowest BCUT2D eigenvalue weighted by molar-refractivity contribution is -0.140. The molecule has 380 valence electrons. The number of aryl methyl sites for hydroxylation is 2. The van der Waals surface area contributed by atoms with Crippen LogP contribution in [0.4, 0.5) is 23.5 Å². The predicted octanol–water partition coefficient (Wildman–Crippen LogP) is 2.66. The Morgan fingerprint density at radius 2 is 1.07 bits per heavy atom. The normalized spacial score (nSPS) is 16.2. The van der Waals surface area contributed by atoms with Gasteiger partial charge in [0.25, 0.3) is 11.1 Å². The first-order valence-electron chi connectivity index (χ1n) is 23.5. The molecule has 0 spiro atoms. The number of carbonyl (C=O) groups is 2. The third-order valence-corrected chi connectivity index (χ3v) is 13.2. The lowest BCUT2D eigenvalue weighted by atomic mass is 10.2. The number of nitrogens with one attached hydrogen (secondary N) is 1. The first kappa shape index (κ1) is 50.5. The van der Waals surface area contributed by atoms with Crippen molar-refractivity contribution in [1.29, 1.82) is 0 Å². The zero-order chi connectivity index (χ0) is 52.4. The van der Waals surface area contributed by atoms with Crippen molar-refractivity contribution in [2.45, 2.75) is 77.5 Å². The van der Waals surface area contributed by atoms with Crippen LogP contribution in [-0.2, 0) is 37.8 Å². The number of fused-ring (bicyclic) bond motifs is 2. The van der Waals surface area contributed by atoms with Crippen LogP contribution in [0.1, 0.15) is 65.5 Å². The average Bonchev–Trinajstić information content (AvgIpc) is 4.24. The number of nitrogens with zero attached hydrogens (tertiary/aromatic N) is 16. The molecule has 10 rings (SSSR count). The number of carboxylic acids is 1. The summed E-state index contributed by atoms with van der Waals surface area (Å²) in [5, 5.41) is 11.8. The van der Waals surface area contributed by atoms with Crippen LogP contribution in [0.15, 0.2) is 93.0 Å². The van der Waals surface area contributed by atoms with Gasteiger partial charge in [0.15, 0.2) is 22.3 Å². The summed E-state index contributed by atoms with van der Waals surface area (Å²) in [6.45, 7) is 9.46. The Morgan fingerprint density at radius 1 is 0.630 bits per heavy atom. The molecule has 0 radical (unpaired) electrons. The number of anilines is 4. The van der Waals surface area contributed by atoms with Gasteiger partial charge in [0.1, 0.15) is 23.7 Å². The molecule has 8 aromatic rings. The van der Waals surface area contributed by atoms with Gasteiger partial charge >= 0.3 is 17.3 Å². The van der Waals surface area contributed by atoms with E-state index in [0.717, 1.165) is 57.8 Å². The molecule has 25 nitrogen and oxygen atoms in total. The summed E-state index contributed by atoms with van der Waals surface area (Å²) in [5.41, 5.74) is 7.36. The Bertz CT molecular complexity index is 3600. The number of pyridine rings is 2. The number of aromatic nitrogens is 14. The number of aliphatic carboxylic acids is 1. The Kier molecular flexibility index (Phi) is 14.4. The summed E-state index contributed by atoms with van der Waals surface area (Å²) >= 11 is 0. The highest BCUT2D eigenvalue weighted by Gasteiger charge is 2.26. The maximum absolute atomic E-state index is 13.1. The SMILES string of the molecule is C[C@@H](C(=O)O)n1cnc2c1c(=O)n(C)c(=O)n2C.C[C@@H]1CCCN1c1ncc(-c2cccc(N)n2)cn1.C[C@@H]1CCCN1c1ncc(-c2cccc(NC(=O)[C@H](C)n3cnc4c3c(=O)n(C)c(=O)n4C)n2)cn1. The minimum Gasteiger partial charge on any atom is -0.480 e. The summed E-state index contributed by atoms with van der Waals surface area (Å²) in [5.74, 6) is 0.909. The maximum atomic E-state index is 13.1. The van der Waals surface area contributed by atoms with Gasteiger partial charge in [-0.05, 0) is 77.6 Å². The second-order valence-electron chi connectivity index (χ2n) is 18.0. The quantitative estimate of drug-likeness (QED) is 0.187. The molecule has 2 fully saturated rings. The highest BCUT2D eigenvalue weighted by Crippen LogP contribution is 2.26. The van der Waals surface area contributed by atoms with Crippen molar-refractivity contribution in [3.05, 3.63) is 116 Å². The molecule has 73 heavy (non-hydrogen) atoms. The fourth-order valence-corrected chi connectivity index (χ4v) is 8.73. The predicted molar refractivity (Wildman–Crippen MR) is 273 cm³/mol. The number of hydrogen-bond donors (Lipinski definition) is 3. The molecule has 25 heteroatoms. The Labute approximate surface area is 416 Å². The Balaban J connectivity index is 0.000000161. The number of carboxylic acid groups (broad SMARTS) is 1. The second-order valence-corrected chi connectivity index (χ2v) is 18.0. The van der Waals surface area contributed by atoms with E-state index in [-0.39, 0.29) is 28.2 Å². The topological polar surface area (TPSA) is 300 Å². The van der Waals surface area contributed by atoms with Gasteiger partial charge in [0.2, 0.25) is 17.8 Å². The molecule has 0 bridgehead atoms. The van der Waals surface area contributed by atoms with Crippen molar-refractivity contribution in [3.63, 3.8) is 0 Å². The van der Waals surface area contributed by atoms with Crippen LogP contribution >= 0.6 is 0 Å². The van der Waals surface area contributed by atoms with Gasteiger partial charge in [-0.25, -0.2) is 54.3 Å². The zero-order valence-corrected chi connectivity index (χ0v) is 41.6. The summed E-state index contributed by atoms with van der Waals surface area (Å²) in [6, 6.07) is 10.1. The van der Waals surface area contributed by atoms with Crippen molar-refractivity contribution >= 4 is 57.7 Å². The fraction of sp³-hybridized carbons (Fsp3) is 0.375. The van der Waals surface area contributed by atoms with E-state index in [2.05, 4.69) is 68.8 Å². The molecule has 0 aliphatic carbocycles. The zero-order valence-electron chi connectivity index (χ0n) is 41.6. The summed E-state index contributed by atoms with van der Waals surface area (Å²) in [6.07, 6.45) is 14.4. The van der Waals surface area contributed by atoms with Gasteiger partial charge in [-0.3, -0.25) is 32.7 Å². The number of nitrogens with two attached hydrogens (primary N) is 1. The van der Waals surface area contributed by atoms with E-state index in [4.69, 9.17) is 10.8 Å². The molecule has 1 amide bonds. The summed E-state index contributed by atoms with van der Waals surface area (Å²) < 4.78 is 7.12. The van der Waals surface area contributed by atoms with E-state index >= 15 is 0 Å². The fourth-order valence-electron chi connectivity index (χ4n) is 8.73. The molecular weight excluding hydrogens is 941 g/mol. The molecule has 2 aliphatic heterocycles. The van der Waals surface area contributed by atoms with Gasteiger partial charge in [0.05, 0.1) is 24.0 Å². The largest absolute Gasteiger partial charge is 0.480 e. The van der Waals surface area contributed by atoms with Crippen molar-refractivity contribution in [2.24, 2.45) is 28.2 Å². The molecule has 8 aromatic heterocycles. The Hall–Kier alpha value is -8.90. The van der Waals surface area contributed by atoms with Crippen molar-refractivity contribution in [3.8, 4) is 22.5 Å². The number of imidazole rings is 2. The summed E-state index contributed by atoms with van der Waals surface area (Å²) in [7, 11) is 5.74. The highest BCUT2D eigenvalue weighted by atomic mass is 16.4. The van der Waals surface area contributed by atoms with Gasteiger partial charge in [0, 0.05) is 89.3 Å². The summed E-state index contributed by atoms with van der Waals surface area (Å²) in [4.78, 5) is 112. The number of rotatable bonds is 9. The van der Waals surface area contributed by atoms with E-state index in [1.807, 2.05) is 30.6 Å². The monoisotopic (exact) mass is 996 g/mol. The highest BCUT2D eigenvalue weighted by molar-refractivity contribution is 5.93. The van der Waals surface area contributed by atoms with Crippen LogP contribution in [0.25, 0.3) is 44.8 Å². The molecule has 2 saturated heterocycles. The smallest absolute Gasteiger partial charge is 0.332 e. The van der Waals surface area contributed by atoms with Gasteiger partial charge in [-0.1, -0.05) is 12.1 Å². The molecule has 0 unspecified atom stereocenters. The van der Waals surface area contributed by atoms with Crippen LogP contribution in [0.3, 0.4) is 0 Å².